The van der Waals surface area contributed by atoms with Crippen LogP contribution in [0.4, 0.5) is 11.4 Å². The zero-order valence-electron chi connectivity index (χ0n) is 18.3. The van der Waals surface area contributed by atoms with E-state index in [0.717, 1.165) is 5.57 Å². The third-order valence-electron chi connectivity index (χ3n) is 5.59. The second-order valence-electron chi connectivity index (χ2n) is 8.54. The molecule has 2 atom stereocenters. The summed E-state index contributed by atoms with van der Waals surface area (Å²) < 4.78 is 33.4. The Bertz CT molecular complexity index is 1130. The van der Waals surface area contributed by atoms with Crippen molar-refractivity contribution in [1.29, 1.82) is 0 Å². The van der Waals surface area contributed by atoms with Crippen molar-refractivity contribution in [2.75, 3.05) is 17.1 Å². The fraction of sp³-hybridized carbons (Fsp3) is 0.348. The first kappa shape index (κ1) is 22.7. The Balaban J connectivity index is 1.83. The van der Waals surface area contributed by atoms with E-state index < -0.39 is 10.0 Å². The Labute approximate surface area is 183 Å². The minimum absolute atomic E-state index is 0.0477. The largest absolute Gasteiger partial charge is 0.506 e. The Hall–Kier alpha value is -3.00. The van der Waals surface area contributed by atoms with Crippen molar-refractivity contribution in [3.05, 3.63) is 54.1 Å². The summed E-state index contributed by atoms with van der Waals surface area (Å²) in [5.74, 6) is -0.246. The number of allylic oxidation sites excluding steroid dienone is 2. The molecular weight excluding hydrogens is 416 g/mol. The standard InChI is InChI=1S/C23H28N2O5S/c1-14(2)12-16-21(23(16,3)4)22(27)24-18-13-15(10-11-19(18)26)31(28,29)25-17-8-6-7-9-20(17)30-5/h6-13,16,21,25-26H,1-5H3,(H,24,27). The second kappa shape index (κ2) is 8.26. The van der Waals surface area contributed by atoms with Crippen LogP contribution in [0.1, 0.15) is 27.7 Å². The molecule has 0 aromatic heterocycles. The van der Waals surface area contributed by atoms with Gasteiger partial charge in [-0.25, -0.2) is 8.42 Å². The van der Waals surface area contributed by atoms with E-state index in [-0.39, 0.29) is 45.2 Å². The number of ether oxygens (including phenoxy) is 1. The first-order valence-corrected chi connectivity index (χ1v) is 11.4. The number of aromatic hydroxyl groups is 1. The molecule has 7 nitrogen and oxygen atoms in total. The molecule has 1 aliphatic carbocycles. The number of methoxy groups -OCH3 is 1. The quantitative estimate of drug-likeness (QED) is 0.434. The monoisotopic (exact) mass is 444 g/mol. The van der Waals surface area contributed by atoms with Crippen LogP contribution >= 0.6 is 0 Å². The van der Waals surface area contributed by atoms with Crippen LogP contribution in [0, 0.1) is 17.3 Å². The topological polar surface area (TPSA) is 105 Å². The predicted octanol–water partition coefficient (Wildman–Crippen LogP) is 4.38. The maximum absolute atomic E-state index is 12.9. The number of carbonyl (C=O) groups is 1. The molecule has 0 saturated heterocycles. The highest BCUT2D eigenvalue weighted by molar-refractivity contribution is 7.92. The van der Waals surface area contributed by atoms with Gasteiger partial charge < -0.3 is 15.2 Å². The molecule has 3 rings (SSSR count). The van der Waals surface area contributed by atoms with Gasteiger partial charge in [0, 0.05) is 0 Å². The highest BCUT2D eigenvalue weighted by atomic mass is 32.2. The van der Waals surface area contributed by atoms with Crippen molar-refractivity contribution >= 4 is 27.3 Å². The number of phenols is 1. The predicted molar refractivity (Wildman–Crippen MR) is 121 cm³/mol. The molecule has 1 saturated carbocycles. The molecule has 8 heteroatoms. The molecule has 1 fully saturated rings. The first-order valence-electron chi connectivity index (χ1n) is 9.92. The second-order valence-corrected chi connectivity index (χ2v) is 10.2. The van der Waals surface area contributed by atoms with Gasteiger partial charge in [-0.2, -0.15) is 0 Å². The summed E-state index contributed by atoms with van der Waals surface area (Å²) in [7, 11) is -2.53. The highest BCUT2D eigenvalue weighted by Crippen LogP contribution is 2.59. The van der Waals surface area contributed by atoms with E-state index in [1.807, 2.05) is 27.7 Å². The van der Waals surface area contributed by atoms with Gasteiger partial charge in [-0.05, 0) is 55.5 Å². The van der Waals surface area contributed by atoms with Crippen LogP contribution in [0.15, 0.2) is 59.0 Å². The van der Waals surface area contributed by atoms with Gasteiger partial charge in [0.15, 0.2) is 0 Å². The SMILES string of the molecule is COc1ccccc1NS(=O)(=O)c1ccc(O)c(NC(=O)C2C(C=C(C)C)C2(C)C)c1. The van der Waals surface area contributed by atoms with E-state index in [0.29, 0.717) is 5.75 Å². The minimum Gasteiger partial charge on any atom is -0.506 e. The fourth-order valence-electron chi connectivity index (χ4n) is 3.77. The summed E-state index contributed by atoms with van der Waals surface area (Å²) in [6.45, 7) is 8.00. The van der Waals surface area contributed by atoms with Gasteiger partial charge in [-0.15, -0.1) is 0 Å². The molecule has 3 N–H and O–H groups in total. The number of amides is 1. The summed E-state index contributed by atoms with van der Waals surface area (Å²) in [6, 6.07) is 10.4. The fourth-order valence-corrected chi connectivity index (χ4v) is 4.87. The van der Waals surface area contributed by atoms with E-state index in [2.05, 4.69) is 16.1 Å². The van der Waals surface area contributed by atoms with Crippen LogP contribution in [0.25, 0.3) is 0 Å². The number of para-hydroxylation sites is 2. The van der Waals surface area contributed by atoms with Gasteiger partial charge in [0.05, 0.1) is 29.3 Å². The Morgan fingerprint density at radius 3 is 2.45 bits per heavy atom. The Morgan fingerprint density at radius 2 is 1.81 bits per heavy atom. The average molecular weight is 445 g/mol. The zero-order valence-corrected chi connectivity index (χ0v) is 19.1. The van der Waals surface area contributed by atoms with Crippen molar-refractivity contribution in [2.24, 2.45) is 17.3 Å². The van der Waals surface area contributed by atoms with E-state index in [1.165, 1.54) is 25.3 Å². The molecule has 0 heterocycles. The van der Waals surface area contributed by atoms with Crippen LogP contribution in [0.5, 0.6) is 11.5 Å². The van der Waals surface area contributed by atoms with Crippen molar-refractivity contribution in [2.45, 2.75) is 32.6 Å². The van der Waals surface area contributed by atoms with Crippen LogP contribution in [0.3, 0.4) is 0 Å². The van der Waals surface area contributed by atoms with E-state index in [1.54, 1.807) is 24.3 Å². The summed E-state index contributed by atoms with van der Waals surface area (Å²) in [6.07, 6.45) is 2.07. The third-order valence-corrected chi connectivity index (χ3v) is 6.96. The molecule has 2 aromatic rings. The molecule has 166 valence electrons. The number of carbonyl (C=O) groups excluding carboxylic acids is 1. The van der Waals surface area contributed by atoms with Gasteiger partial charge in [0.1, 0.15) is 11.5 Å². The normalized spacial score (nSPS) is 19.3. The van der Waals surface area contributed by atoms with Gasteiger partial charge in [-0.1, -0.05) is 37.6 Å². The van der Waals surface area contributed by atoms with Crippen LogP contribution < -0.4 is 14.8 Å². The number of sulfonamides is 1. The van der Waals surface area contributed by atoms with Gasteiger partial charge in [0.25, 0.3) is 10.0 Å². The number of phenolic OH excluding ortho intramolecular Hbond substituents is 1. The summed E-state index contributed by atoms with van der Waals surface area (Å²) in [5.41, 5.74) is 1.26. The summed E-state index contributed by atoms with van der Waals surface area (Å²) >= 11 is 0. The van der Waals surface area contributed by atoms with E-state index in [4.69, 9.17) is 4.74 Å². The van der Waals surface area contributed by atoms with Gasteiger partial charge in [0.2, 0.25) is 5.91 Å². The summed E-state index contributed by atoms with van der Waals surface area (Å²) in [5, 5.41) is 12.9. The van der Waals surface area contributed by atoms with Crippen LogP contribution in [-0.2, 0) is 14.8 Å². The molecule has 0 bridgehead atoms. The first-order chi connectivity index (χ1) is 14.5. The third kappa shape index (κ3) is 4.69. The van der Waals surface area contributed by atoms with Crippen molar-refractivity contribution in [1.82, 2.24) is 0 Å². The number of nitrogens with one attached hydrogen (secondary N) is 2. The number of anilines is 2. The molecule has 1 aliphatic rings. The van der Waals surface area contributed by atoms with Crippen molar-refractivity contribution in [3.8, 4) is 11.5 Å². The summed E-state index contributed by atoms with van der Waals surface area (Å²) in [4.78, 5) is 12.7. The lowest BCUT2D eigenvalue weighted by atomic mass is 10.1. The highest BCUT2D eigenvalue weighted by Gasteiger charge is 2.60. The van der Waals surface area contributed by atoms with Gasteiger partial charge in [-0.3, -0.25) is 9.52 Å². The maximum atomic E-state index is 12.9. The molecule has 0 spiro atoms. The van der Waals surface area contributed by atoms with Crippen molar-refractivity contribution in [3.63, 3.8) is 0 Å². The van der Waals surface area contributed by atoms with E-state index >= 15 is 0 Å². The lowest BCUT2D eigenvalue weighted by molar-refractivity contribution is -0.118. The molecule has 2 aromatic carbocycles. The molecule has 2 unspecified atom stereocenters. The average Bonchev–Trinajstić information content (AvgIpc) is 3.22. The molecule has 0 aliphatic heterocycles. The number of rotatable bonds is 7. The number of hydrogen-bond acceptors (Lipinski definition) is 5. The zero-order chi connectivity index (χ0) is 23.0. The molecule has 1 amide bonds. The van der Waals surface area contributed by atoms with Crippen LogP contribution in [0.2, 0.25) is 0 Å². The number of hydrogen-bond donors (Lipinski definition) is 3. The van der Waals surface area contributed by atoms with Gasteiger partial charge >= 0.3 is 0 Å². The maximum Gasteiger partial charge on any atom is 0.262 e. The lowest BCUT2D eigenvalue weighted by Crippen LogP contribution is -2.18. The smallest absolute Gasteiger partial charge is 0.262 e. The van der Waals surface area contributed by atoms with Crippen LogP contribution in [-0.4, -0.2) is 26.5 Å². The Kier molecular flexibility index (Phi) is 6.04. The lowest BCUT2D eigenvalue weighted by Gasteiger charge is -2.13. The molecule has 0 radical (unpaired) electrons. The molecule has 31 heavy (non-hydrogen) atoms. The van der Waals surface area contributed by atoms with Crippen molar-refractivity contribution < 1.29 is 23.1 Å². The van der Waals surface area contributed by atoms with E-state index in [9.17, 15) is 18.3 Å². The number of benzene rings is 2. The molecular formula is C23H28N2O5S. The Morgan fingerprint density at radius 1 is 1.13 bits per heavy atom. The minimum atomic E-state index is -3.98.